The maximum Gasteiger partial charge on any atom is 0.352 e. The molecule has 9 heteroatoms. The molecule has 0 radical (unpaired) electrons. The Balaban J connectivity index is 1.80. The first-order valence-electron chi connectivity index (χ1n) is 9.16. The molecule has 0 unspecified atom stereocenters. The molecule has 2 aromatic carbocycles. The molecular formula is C20H18FN5O3. The Morgan fingerprint density at radius 3 is 2.69 bits per heavy atom. The Hall–Kier alpha value is -3.75. The molecule has 0 saturated carbocycles. The van der Waals surface area contributed by atoms with E-state index in [0.717, 1.165) is 4.68 Å². The first-order valence-corrected chi connectivity index (χ1v) is 9.16. The largest absolute Gasteiger partial charge is 0.352 e. The van der Waals surface area contributed by atoms with E-state index in [-0.39, 0.29) is 23.6 Å². The zero-order valence-electron chi connectivity index (χ0n) is 15.6. The average Bonchev–Trinajstić information content (AvgIpc) is 3.01. The number of carbonyl (C=O) groups is 1. The van der Waals surface area contributed by atoms with Gasteiger partial charge in [0.2, 0.25) is 11.7 Å². The minimum Gasteiger partial charge on any atom is -0.324 e. The second kappa shape index (κ2) is 7.34. The van der Waals surface area contributed by atoms with Crippen LogP contribution in [0, 0.1) is 5.82 Å². The van der Waals surface area contributed by atoms with Crippen LogP contribution < -0.4 is 16.6 Å². The van der Waals surface area contributed by atoms with Gasteiger partial charge in [-0.25, -0.2) is 18.3 Å². The predicted octanol–water partition coefficient (Wildman–Crippen LogP) is 2.00. The van der Waals surface area contributed by atoms with Crippen LogP contribution in [0.4, 0.5) is 10.1 Å². The summed E-state index contributed by atoms with van der Waals surface area (Å²) in [4.78, 5) is 38.1. The Kier molecular flexibility index (Phi) is 4.71. The molecule has 148 valence electrons. The molecule has 2 aromatic heterocycles. The number of anilines is 1. The first-order chi connectivity index (χ1) is 14.0. The standard InChI is InChI=1S/C20H18FN5O3/c1-2-10-24-18(28)15-8-3-4-9-16(15)26-19(24)23-25(20(26)29)12-17(27)22-14-7-5-6-13(21)11-14/h3-9,11H,2,10,12H2,1H3,(H,22,27). The van der Waals surface area contributed by atoms with Gasteiger partial charge in [-0.1, -0.05) is 25.1 Å². The van der Waals surface area contributed by atoms with Gasteiger partial charge in [0.25, 0.3) is 5.56 Å². The van der Waals surface area contributed by atoms with Crippen LogP contribution in [0.1, 0.15) is 13.3 Å². The summed E-state index contributed by atoms with van der Waals surface area (Å²) in [7, 11) is 0. The fourth-order valence-electron chi connectivity index (χ4n) is 3.30. The van der Waals surface area contributed by atoms with Crippen LogP contribution in [0.2, 0.25) is 0 Å². The number of amides is 1. The second-order valence-electron chi connectivity index (χ2n) is 6.61. The third-order valence-electron chi connectivity index (χ3n) is 4.53. The maximum atomic E-state index is 13.3. The number of hydrogen-bond acceptors (Lipinski definition) is 4. The van der Waals surface area contributed by atoms with Gasteiger partial charge in [0, 0.05) is 12.2 Å². The molecule has 0 saturated heterocycles. The van der Waals surface area contributed by atoms with E-state index in [4.69, 9.17) is 0 Å². The van der Waals surface area contributed by atoms with Crippen molar-refractivity contribution < 1.29 is 9.18 Å². The lowest BCUT2D eigenvalue weighted by atomic mass is 10.2. The number of aryl methyl sites for hydroxylation is 1. The number of carbonyl (C=O) groups excluding carboxylic acids is 1. The average molecular weight is 395 g/mol. The minimum atomic E-state index is -0.533. The van der Waals surface area contributed by atoms with Crippen LogP contribution in [0.25, 0.3) is 16.7 Å². The topological polar surface area (TPSA) is 90.4 Å². The quantitative estimate of drug-likeness (QED) is 0.560. The molecule has 0 aliphatic heterocycles. The smallest absolute Gasteiger partial charge is 0.324 e. The number of para-hydroxylation sites is 1. The summed E-state index contributed by atoms with van der Waals surface area (Å²) in [5.41, 5.74) is -0.0615. The third-order valence-corrected chi connectivity index (χ3v) is 4.53. The minimum absolute atomic E-state index is 0.180. The van der Waals surface area contributed by atoms with E-state index in [2.05, 4.69) is 10.4 Å². The molecule has 0 spiro atoms. The molecule has 0 aliphatic carbocycles. The zero-order valence-corrected chi connectivity index (χ0v) is 15.6. The van der Waals surface area contributed by atoms with E-state index in [0.29, 0.717) is 23.9 Å². The molecule has 1 amide bonds. The van der Waals surface area contributed by atoms with E-state index in [1.807, 2.05) is 6.92 Å². The molecule has 0 bridgehead atoms. The van der Waals surface area contributed by atoms with Crippen LogP contribution >= 0.6 is 0 Å². The van der Waals surface area contributed by atoms with Crippen molar-refractivity contribution in [1.29, 1.82) is 0 Å². The Morgan fingerprint density at radius 1 is 1.14 bits per heavy atom. The summed E-state index contributed by atoms with van der Waals surface area (Å²) < 4.78 is 17.1. The number of halogens is 1. The van der Waals surface area contributed by atoms with Gasteiger partial charge in [-0.15, -0.1) is 5.10 Å². The zero-order chi connectivity index (χ0) is 20.5. The van der Waals surface area contributed by atoms with Gasteiger partial charge in [0.05, 0.1) is 10.9 Å². The number of nitrogens with one attached hydrogen (secondary N) is 1. The van der Waals surface area contributed by atoms with Gasteiger partial charge in [-0.3, -0.25) is 14.2 Å². The van der Waals surface area contributed by atoms with Crippen molar-refractivity contribution in [3.8, 4) is 0 Å². The lowest BCUT2D eigenvalue weighted by Gasteiger charge is -2.07. The number of nitrogens with zero attached hydrogens (tertiary/aromatic N) is 4. The molecule has 0 aliphatic rings. The number of benzene rings is 2. The van der Waals surface area contributed by atoms with Gasteiger partial charge in [-0.05, 0) is 36.8 Å². The highest BCUT2D eigenvalue weighted by atomic mass is 19.1. The van der Waals surface area contributed by atoms with Gasteiger partial charge < -0.3 is 5.32 Å². The number of aromatic nitrogens is 4. The molecule has 29 heavy (non-hydrogen) atoms. The number of rotatable bonds is 5. The summed E-state index contributed by atoms with van der Waals surface area (Å²) in [6, 6.07) is 12.2. The number of fused-ring (bicyclic) bond motifs is 3. The monoisotopic (exact) mass is 395 g/mol. The summed E-state index contributed by atoms with van der Waals surface area (Å²) in [5.74, 6) is -0.836. The normalized spacial score (nSPS) is 11.2. The first kappa shape index (κ1) is 18.6. The van der Waals surface area contributed by atoms with Crippen molar-refractivity contribution >= 4 is 28.3 Å². The molecule has 4 aromatic rings. The van der Waals surface area contributed by atoms with Gasteiger partial charge in [0.15, 0.2) is 0 Å². The highest BCUT2D eigenvalue weighted by Gasteiger charge is 2.18. The van der Waals surface area contributed by atoms with E-state index < -0.39 is 17.4 Å². The molecule has 0 atom stereocenters. The molecule has 8 nitrogen and oxygen atoms in total. The molecule has 1 N–H and O–H groups in total. The number of hydrogen-bond donors (Lipinski definition) is 1. The lowest BCUT2D eigenvalue weighted by Crippen LogP contribution is -2.29. The highest BCUT2D eigenvalue weighted by molar-refractivity contribution is 5.90. The van der Waals surface area contributed by atoms with Crippen molar-refractivity contribution in [3.05, 3.63) is 75.2 Å². The second-order valence-corrected chi connectivity index (χ2v) is 6.61. The van der Waals surface area contributed by atoms with Gasteiger partial charge in [-0.2, -0.15) is 0 Å². The molecule has 0 fully saturated rings. The van der Waals surface area contributed by atoms with Crippen LogP contribution in [-0.2, 0) is 17.9 Å². The Morgan fingerprint density at radius 2 is 1.93 bits per heavy atom. The maximum absolute atomic E-state index is 13.3. The third kappa shape index (κ3) is 3.31. The van der Waals surface area contributed by atoms with E-state index in [9.17, 15) is 18.8 Å². The summed E-state index contributed by atoms with van der Waals surface area (Å²) in [6.45, 7) is 1.93. The van der Waals surface area contributed by atoms with E-state index in [1.54, 1.807) is 30.3 Å². The van der Waals surface area contributed by atoms with Crippen molar-refractivity contribution in [2.75, 3.05) is 5.32 Å². The van der Waals surface area contributed by atoms with Crippen LogP contribution in [0.5, 0.6) is 0 Å². The van der Waals surface area contributed by atoms with Crippen LogP contribution in [0.15, 0.2) is 58.1 Å². The predicted molar refractivity (Wildman–Crippen MR) is 107 cm³/mol. The Labute approximate surface area is 163 Å². The van der Waals surface area contributed by atoms with Crippen molar-refractivity contribution in [2.45, 2.75) is 26.4 Å². The van der Waals surface area contributed by atoms with Crippen molar-refractivity contribution in [3.63, 3.8) is 0 Å². The summed E-state index contributed by atoms with van der Waals surface area (Å²) >= 11 is 0. The Bertz CT molecular complexity index is 1350. The van der Waals surface area contributed by atoms with Crippen LogP contribution in [0.3, 0.4) is 0 Å². The van der Waals surface area contributed by atoms with Crippen molar-refractivity contribution in [2.24, 2.45) is 0 Å². The highest BCUT2D eigenvalue weighted by Crippen LogP contribution is 2.12. The van der Waals surface area contributed by atoms with Gasteiger partial charge in [0.1, 0.15) is 12.4 Å². The fraction of sp³-hybridized carbons (Fsp3) is 0.200. The SMILES string of the molecule is CCCn1c(=O)c2ccccc2n2c(=O)n(CC(=O)Nc3cccc(F)c3)nc12. The molecule has 4 rings (SSSR count). The summed E-state index contributed by atoms with van der Waals surface area (Å²) in [5, 5.41) is 7.17. The lowest BCUT2D eigenvalue weighted by molar-refractivity contribution is -0.117. The van der Waals surface area contributed by atoms with Crippen LogP contribution in [-0.4, -0.2) is 24.7 Å². The molecule has 2 heterocycles. The van der Waals surface area contributed by atoms with Gasteiger partial charge >= 0.3 is 5.69 Å². The summed E-state index contributed by atoms with van der Waals surface area (Å²) in [6.07, 6.45) is 0.676. The fourth-order valence-corrected chi connectivity index (χ4v) is 3.30. The molecular weight excluding hydrogens is 377 g/mol. The van der Waals surface area contributed by atoms with E-state index in [1.165, 1.54) is 27.2 Å². The van der Waals surface area contributed by atoms with Crippen molar-refractivity contribution in [1.82, 2.24) is 18.7 Å². The van der Waals surface area contributed by atoms with E-state index >= 15 is 0 Å².